The zero-order chi connectivity index (χ0) is 31.2. The minimum absolute atomic E-state index is 0.0227. The lowest BCUT2D eigenvalue weighted by atomic mass is 9.49. The molecule has 10 nitrogen and oxygen atoms in total. The number of methoxy groups -OCH3 is 1. The molecular weight excluding hydrogens is 564 g/mol. The number of aliphatic hydroxyl groups excluding tert-OH is 2. The summed E-state index contributed by atoms with van der Waals surface area (Å²) in [5.41, 5.74) is 1.19. The molecule has 10 heteroatoms. The van der Waals surface area contributed by atoms with Crippen LogP contribution in [0.15, 0.2) is 23.8 Å². The number of aldehydes is 1. The van der Waals surface area contributed by atoms with E-state index in [1.54, 1.807) is 23.1 Å². The van der Waals surface area contributed by atoms with Crippen LogP contribution in [-0.4, -0.2) is 84.1 Å². The summed E-state index contributed by atoms with van der Waals surface area (Å²) in [6, 6.07) is 2.37. The Kier molecular flexibility index (Phi) is 8.58. The number of nitrogens with one attached hydrogen (secondary N) is 1. The highest BCUT2D eigenvalue weighted by Crippen LogP contribution is 2.60. The van der Waals surface area contributed by atoms with E-state index >= 15 is 0 Å². The summed E-state index contributed by atoms with van der Waals surface area (Å²) in [7, 11) is 1.46. The number of nitrogens with zero attached hydrogens (tertiary/aromatic N) is 1. The van der Waals surface area contributed by atoms with E-state index in [4.69, 9.17) is 9.47 Å². The largest absolute Gasteiger partial charge is 0.493 e. The van der Waals surface area contributed by atoms with Crippen LogP contribution < -0.4 is 14.8 Å². The van der Waals surface area contributed by atoms with E-state index in [1.165, 1.54) is 33.3 Å². The second-order valence-electron chi connectivity index (χ2n) is 13.9. The molecule has 238 valence electrons. The molecule has 1 heterocycles. The Morgan fingerprint density at radius 3 is 2.39 bits per heavy atom. The molecule has 6 aliphatic rings. The third-order valence-corrected chi connectivity index (χ3v) is 10.7. The summed E-state index contributed by atoms with van der Waals surface area (Å²) >= 11 is 0. The van der Waals surface area contributed by atoms with Gasteiger partial charge in [-0.25, -0.2) is 0 Å². The minimum atomic E-state index is -1.17. The molecule has 3 N–H and O–H groups in total. The van der Waals surface area contributed by atoms with Crippen molar-refractivity contribution in [3.05, 3.63) is 34.9 Å². The summed E-state index contributed by atoms with van der Waals surface area (Å²) in [4.78, 5) is 53.0. The fraction of sp³-hybridized carbons (Fsp3) is 0.647. The van der Waals surface area contributed by atoms with Gasteiger partial charge < -0.3 is 34.7 Å². The Morgan fingerprint density at radius 2 is 1.80 bits per heavy atom. The molecule has 0 aromatic heterocycles. The van der Waals surface area contributed by atoms with E-state index < -0.39 is 30.1 Å². The van der Waals surface area contributed by atoms with Crippen molar-refractivity contribution >= 4 is 23.9 Å². The zero-order valence-electron chi connectivity index (χ0n) is 25.6. The van der Waals surface area contributed by atoms with Crippen LogP contribution in [-0.2, 0) is 14.4 Å². The summed E-state index contributed by atoms with van der Waals surface area (Å²) in [6.07, 6.45) is 8.16. The Labute approximate surface area is 258 Å². The van der Waals surface area contributed by atoms with E-state index in [1.807, 2.05) is 0 Å². The van der Waals surface area contributed by atoms with Crippen LogP contribution in [0.25, 0.3) is 0 Å². The van der Waals surface area contributed by atoms with Crippen molar-refractivity contribution in [2.24, 2.45) is 23.2 Å². The molecular formula is C34H44N2O8. The zero-order valence-corrected chi connectivity index (χ0v) is 25.6. The molecule has 4 unspecified atom stereocenters. The minimum Gasteiger partial charge on any atom is -0.493 e. The highest BCUT2D eigenvalue weighted by atomic mass is 16.5. The van der Waals surface area contributed by atoms with Gasteiger partial charge in [0.2, 0.25) is 11.8 Å². The molecule has 1 aromatic rings. The van der Waals surface area contributed by atoms with Crippen molar-refractivity contribution in [3.8, 4) is 11.5 Å². The molecule has 4 fully saturated rings. The van der Waals surface area contributed by atoms with Crippen LogP contribution in [0.2, 0.25) is 0 Å². The van der Waals surface area contributed by atoms with Crippen LogP contribution in [0.4, 0.5) is 0 Å². The fourth-order valence-corrected chi connectivity index (χ4v) is 9.40. The first-order valence-corrected chi connectivity index (χ1v) is 16.1. The van der Waals surface area contributed by atoms with Gasteiger partial charge in [0, 0.05) is 42.6 Å². The van der Waals surface area contributed by atoms with Gasteiger partial charge in [0.1, 0.15) is 24.3 Å². The standard InChI is InChI=1S/C34H44N2O8/c1-19(39)4-3-5-28(40)36(18-34-14-20-8-21(15-34)10-22(9-20)16-34)26-13-25(33(42)35-6-7-37)29-24-11-23(17-38)12-27(43-2)31(24)44-32(29)30(26)41/h11-13,17,20-22,26,29-30,32,37,41H,3-10,14-16,18H2,1-2H3,(H,35,42). The highest BCUT2D eigenvalue weighted by molar-refractivity contribution is 5.96. The number of fused-ring (bicyclic) bond motifs is 3. The van der Waals surface area contributed by atoms with Crippen molar-refractivity contribution < 1.29 is 38.9 Å². The second kappa shape index (κ2) is 12.3. The van der Waals surface area contributed by atoms with E-state index in [-0.39, 0.29) is 36.7 Å². The van der Waals surface area contributed by atoms with E-state index in [0.29, 0.717) is 71.6 Å². The number of carbonyl (C=O) groups is 4. The molecule has 1 aliphatic heterocycles. The average molecular weight is 609 g/mol. The molecule has 0 saturated heterocycles. The lowest BCUT2D eigenvalue weighted by molar-refractivity contribution is -0.145. The third-order valence-electron chi connectivity index (χ3n) is 10.7. The topological polar surface area (TPSA) is 142 Å². The monoisotopic (exact) mass is 608 g/mol. The quantitative estimate of drug-likeness (QED) is 0.308. The van der Waals surface area contributed by atoms with Crippen molar-refractivity contribution in [1.29, 1.82) is 0 Å². The number of benzene rings is 1. The van der Waals surface area contributed by atoms with Gasteiger partial charge in [0.05, 0.1) is 25.7 Å². The number of carbonyl (C=O) groups excluding carboxylic acids is 4. The van der Waals surface area contributed by atoms with Gasteiger partial charge in [-0.3, -0.25) is 14.4 Å². The first-order valence-electron chi connectivity index (χ1n) is 16.1. The number of aliphatic hydroxyl groups is 2. The Bertz CT molecular complexity index is 1320. The van der Waals surface area contributed by atoms with Crippen LogP contribution in [0, 0.1) is 23.2 Å². The summed E-state index contributed by atoms with van der Waals surface area (Å²) in [5.74, 6) is 1.41. The SMILES string of the molecule is COc1cc(C=O)cc2c1OC1C2C(C(=O)NCCO)=CC(N(CC23CC4CC(CC(C4)C2)C3)C(=O)CCCC(C)=O)C1O. The summed E-state index contributed by atoms with van der Waals surface area (Å²) < 4.78 is 11.9. The number of amides is 2. The first-order chi connectivity index (χ1) is 21.1. The van der Waals surface area contributed by atoms with E-state index in [9.17, 15) is 29.4 Å². The smallest absolute Gasteiger partial charge is 0.247 e. The van der Waals surface area contributed by atoms with Crippen LogP contribution >= 0.6 is 0 Å². The molecule has 44 heavy (non-hydrogen) atoms. The van der Waals surface area contributed by atoms with Gasteiger partial charge in [0.25, 0.3) is 0 Å². The number of Topliss-reactive ketones (excluding diaryl/α,β-unsaturated/α-hetero) is 1. The Hall–Kier alpha value is -3.24. The molecule has 1 aromatic carbocycles. The van der Waals surface area contributed by atoms with E-state index in [0.717, 1.165) is 19.3 Å². The number of rotatable bonds is 12. The fourth-order valence-electron chi connectivity index (χ4n) is 9.40. The van der Waals surface area contributed by atoms with Gasteiger partial charge in [-0.1, -0.05) is 0 Å². The highest BCUT2D eigenvalue weighted by Gasteiger charge is 2.55. The van der Waals surface area contributed by atoms with Crippen molar-refractivity contribution in [3.63, 3.8) is 0 Å². The summed E-state index contributed by atoms with van der Waals surface area (Å²) in [6.45, 7) is 1.79. The maximum Gasteiger partial charge on any atom is 0.247 e. The number of ether oxygens (including phenoxy) is 2. The molecule has 4 bridgehead atoms. The van der Waals surface area contributed by atoms with Gasteiger partial charge in [0.15, 0.2) is 11.5 Å². The van der Waals surface area contributed by atoms with Gasteiger partial charge >= 0.3 is 0 Å². The van der Waals surface area contributed by atoms with Crippen LogP contribution in [0.5, 0.6) is 11.5 Å². The average Bonchev–Trinajstić information content (AvgIpc) is 3.38. The predicted molar refractivity (Wildman–Crippen MR) is 160 cm³/mol. The molecule has 7 rings (SSSR count). The lowest BCUT2D eigenvalue weighted by Crippen LogP contribution is -2.59. The number of ketones is 1. The third kappa shape index (κ3) is 5.67. The summed E-state index contributed by atoms with van der Waals surface area (Å²) in [5, 5.41) is 24.2. The Balaban J connectivity index is 1.39. The van der Waals surface area contributed by atoms with Gasteiger partial charge in [-0.15, -0.1) is 0 Å². The lowest BCUT2D eigenvalue weighted by Gasteiger charge is -2.58. The molecule has 0 spiro atoms. The van der Waals surface area contributed by atoms with Crippen molar-refractivity contribution in [1.82, 2.24) is 10.2 Å². The normalized spacial score (nSPS) is 32.6. The maximum absolute atomic E-state index is 14.1. The number of hydrogen-bond donors (Lipinski definition) is 3. The van der Waals surface area contributed by atoms with Crippen LogP contribution in [0.1, 0.15) is 86.6 Å². The molecule has 0 radical (unpaired) electrons. The van der Waals surface area contributed by atoms with Crippen molar-refractivity contribution in [2.75, 3.05) is 26.8 Å². The predicted octanol–water partition coefficient (Wildman–Crippen LogP) is 2.93. The Morgan fingerprint density at radius 1 is 1.11 bits per heavy atom. The molecule has 4 saturated carbocycles. The van der Waals surface area contributed by atoms with Crippen molar-refractivity contribution in [2.45, 2.75) is 88.9 Å². The van der Waals surface area contributed by atoms with E-state index in [2.05, 4.69) is 5.32 Å². The van der Waals surface area contributed by atoms with Crippen LogP contribution in [0.3, 0.4) is 0 Å². The maximum atomic E-state index is 14.1. The second-order valence-corrected chi connectivity index (χ2v) is 13.9. The molecule has 2 amide bonds. The number of hydrogen-bond acceptors (Lipinski definition) is 8. The molecule has 5 aliphatic carbocycles. The molecule has 4 atom stereocenters. The first kappa shape index (κ1) is 30.8. The van der Waals surface area contributed by atoms with Gasteiger partial charge in [-0.2, -0.15) is 0 Å². The van der Waals surface area contributed by atoms with Gasteiger partial charge in [-0.05, 0) is 93.2 Å².